The first-order chi connectivity index (χ1) is 9.24. The number of nitriles is 2. The zero-order valence-electron chi connectivity index (χ0n) is 10.2. The number of anilines is 1. The lowest BCUT2D eigenvalue weighted by molar-refractivity contribution is 0.548. The SMILES string of the molecule is Cc1ccc(-c2ccccc2NN=C(C#N)C#N)o1. The van der Waals surface area contributed by atoms with Crippen molar-refractivity contribution < 1.29 is 4.42 Å². The molecule has 1 aromatic carbocycles. The van der Waals surface area contributed by atoms with Crippen molar-refractivity contribution in [2.75, 3.05) is 5.43 Å². The number of nitrogens with one attached hydrogen (secondary N) is 1. The molecule has 1 aromatic heterocycles. The van der Waals surface area contributed by atoms with Gasteiger partial charge in [-0.3, -0.25) is 5.43 Å². The van der Waals surface area contributed by atoms with Crippen LogP contribution in [0.15, 0.2) is 45.9 Å². The summed E-state index contributed by atoms with van der Waals surface area (Å²) in [5.74, 6) is 1.51. The maximum atomic E-state index is 8.63. The highest BCUT2D eigenvalue weighted by atomic mass is 16.3. The largest absolute Gasteiger partial charge is 0.461 e. The fourth-order valence-corrected chi connectivity index (χ4v) is 1.57. The van der Waals surface area contributed by atoms with Crippen LogP contribution in [0.2, 0.25) is 0 Å². The number of hydrogen-bond acceptors (Lipinski definition) is 5. The van der Waals surface area contributed by atoms with Gasteiger partial charge >= 0.3 is 0 Å². The molecule has 0 saturated carbocycles. The standard InChI is InChI=1S/C14H10N4O/c1-10-6-7-14(19-10)12-4-2-3-5-13(12)18-17-11(8-15)9-16/h2-7,18H,1H3. The van der Waals surface area contributed by atoms with E-state index in [2.05, 4.69) is 10.5 Å². The Kier molecular flexibility index (Phi) is 3.61. The molecular weight excluding hydrogens is 240 g/mol. The number of furan rings is 1. The van der Waals surface area contributed by atoms with E-state index in [0.717, 1.165) is 11.3 Å². The molecule has 0 aliphatic rings. The van der Waals surface area contributed by atoms with Crippen LogP contribution in [0.1, 0.15) is 5.76 Å². The summed E-state index contributed by atoms with van der Waals surface area (Å²) in [5, 5.41) is 21.0. The van der Waals surface area contributed by atoms with E-state index in [1.165, 1.54) is 0 Å². The molecule has 0 fully saturated rings. The van der Waals surface area contributed by atoms with Crippen LogP contribution < -0.4 is 5.43 Å². The molecule has 0 atom stereocenters. The molecule has 92 valence electrons. The molecule has 0 bridgehead atoms. The van der Waals surface area contributed by atoms with E-state index in [9.17, 15) is 0 Å². The van der Waals surface area contributed by atoms with Gasteiger partial charge < -0.3 is 4.42 Å². The van der Waals surface area contributed by atoms with Crippen LogP contribution in [0.5, 0.6) is 0 Å². The Bertz CT molecular complexity index is 685. The Labute approximate surface area is 110 Å². The van der Waals surface area contributed by atoms with Gasteiger partial charge in [-0.15, -0.1) is 0 Å². The molecular formula is C14H10N4O. The molecule has 2 aromatic rings. The number of nitrogens with zero attached hydrogens (tertiary/aromatic N) is 3. The van der Waals surface area contributed by atoms with E-state index in [1.807, 2.05) is 37.3 Å². The second-order valence-electron chi connectivity index (χ2n) is 3.75. The van der Waals surface area contributed by atoms with Crippen LogP contribution in [0.4, 0.5) is 5.69 Å². The predicted octanol–water partition coefficient (Wildman–Crippen LogP) is 3.07. The summed E-state index contributed by atoms with van der Waals surface area (Å²) in [6.07, 6.45) is 0. The summed E-state index contributed by atoms with van der Waals surface area (Å²) < 4.78 is 5.55. The smallest absolute Gasteiger partial charge is 0.237 e. The fraction of sp³-hybridized carbons (Fsp3) is 0.0714. The number of aryl methyl sites for hydroxylation is 1. The first kappa shape index (κ1) is 12.4. The summed E-state index contributed by atoms with van der Waals surface area (Å²) in [5.41, 5.74) is 3.96. The molecule has 0 spiro atoms. The Morgan fingerprint density at radius 2 is 1.89 bits per heavy atom. The molecule has 1 N–H and O–H groups in total. The molecule has 0 radical (unpaired) electrons. The summed E-state index contributed by atoms with van der Waals surface area (Å²) in [4.78, 5) is 0. The monoisotopic (exact) mass is 250 g/mol. The van der Waals surface area contributed by atoms with Crippen molar-refractivity contribution in [3.05, 3.63) is 42.2 Å². The third kappa shape index (κ3) is 2.80. The van der Waals surface area contributed by atoms with E-state index in [0.29, 0.717) is 11.4 Å². The van der Waals surface area contributed by atoms with Gasteiger partial charge in [-0.1, -0.05) is 12.1 Å². The second kappa shape index (κ2) is 5.52. The highest BCUT2D eigenvalue weighted by Crippen LogP contribution is 2.29. The normalized spacial score (nSPS) is 9.21. The molecule has 2 rings (SSSR count). The molecule has 5 heteroatoms. The van der Waals surface area contributed by atoms with Crippen molar-refractivity contribution in [3.63, 3.8) is 0 Å². The Hall–Kier alpha value is -3.05. The molecule has 0 unspecified atom stereocenters. The minimum Gasteiger partial charge on any atom is -0.461 e. The highest BCUT2D eigenvalue weighted by Gasteiger charge is 2.07. The molecule has 1 heterocycles. The lowest BCUT2D eigenvalue weighted by Crippen LogP contribution is -1.97. The minimum absolute atomic E-state index is 0.231. The minimum atomic E-state index is -0.231. The maximum absolute atomic E-state index is 8.63. The van der Waals surface area contributed by atoms with Crippen molar-refractivity contribution >= 4 is 11.4 Å². The third-order valence-electron chi connectivity index (χ3n) is 2.43. The number of para-hydroxylation sites is 1. The highest BCUT2D eigenvalue weighted by molar-refractivity contribution is 6.10. The summed E-state index contributed by atoms with van der Waals surface area (Å²) in [6.45, 7) is 1.86. The predicted molar refractivity (Wildman–Crippen MR) is 71.2 cm³/mol. The number of benzene rings is 1. The average molecular weight is 250 g/mol. The molecule has 0 amide bonds. The number of hydrazone groups is 1. The number of hydrogen-bond donors (Lipinski definition) is 1. The van der Waals surface area contributed by atoms with Crippen LogP contribution in [0, 0.1) is 29.6 Å². The third-order valence-corrected chi connectivity index (χ3v) is 2.43. The van der Waals surface area contributed by atoms with E-state index >= 15 is 0 Å². The van der Waals surface area contributed by atoms with Gasteiger partial charge in [0.05, 0.1) is 5.69 Å². The average Bonchev–Trinajstić information content (AvgIpc) is 2.87. The van der Waals surface area contributed by atoms with Gasteiger partial charge in [-0.05, 0) is 31.2 Å². The van der Waals surface area contributed by atoms with E-state index in [4.69, 9.17) is 14.9 Å². The molecule has 0 aliphatic heterocycles. The lowest BCUT2D eigenvalue weighted by Gasteiger charge is -2.05. The quantitative estimate of drug-likeness (QED) is 0.670. The van der Waals surface area contributed by atoms with Crippen molar-refractivity contribution in [2.24, 2.45) is 5.10 Å². The van der Waals surface area contributed by atoms with Crippen molar-refractivity contribution in [2.45, 2.75) is 6.92 Å². The second-order valence-corrected chi connectivity index (χ2v) is 3.75. The lowest BCUT2D eigenvalue weighted by atomic mass is 10.1. The molecule has 5 nitrogen and oxygen atoms in total. The zero-order chi connectivity index (χ0) is 13.7. The Morgan fingerprint density at radius 1 is 1.16 bits per heavy atom. The van der Waals surface area contributed by atoms with Crippen LogP contribution in [-0.4, -0.2) is 5.71 Å². The van der Waals surface area contributed by atoms with Crippen molar-refractivity contribution in [3.8, 4) is 23.5 Å². The van der Waals surface area contributed by atoms with Gasteiger partial charge in [-0.2, -0.15) is 15.6 Å². The zero-order valence-corrected chi connectivity index (χ0v) is 10.2. The van der Waals surface area contributed by atoms with E-state index < -0.39 is 0 Å². The molecule has 19 heavy (non-hydrogen) atoms. The topological polar surface area (TPSA) is 85.1 Å². The maximum Gasteiger partial charge on any atom is 0.237 e. The van der Waals surface area contributed by atoms with Gasteiger partial charge in [0.15, 0.2) is 0 Å². The van der Waals surface area contributed by atoms with Crippen molar-refractivity contribution in [1.29, 1.82) is 10.5 Å². The fourth-order valence-electron chi connectivity index (χ4n) is 1.57. The summed E-state index contributed by atoms with van der Waals surface area (Å²) >= 11 is 0. The summed E-state index contributed by atoms with van der Waals surface area (Å²) in [6, 6.07) is 14.5. The van der Waals surface area contributed by atoms with Crippen molar-refractivity contribution in [1.82, 2.24) is 0 Å². The molecule has 0 aliphatic carbocycles. The van der Waals surface area contributed by atoms with E-state index in [1.54, 1.807) is 18.2 Å². The Morgan fingerprint density at radius 3 is 2.53 bits per heavy atom. The van der Waals surface area contributed by atoms with Crippen LogP contribution in [0.25, 0.3) is 11.3 Å². The van der Waals surface area contributed by atoms with Gasteiger partial charge in [-0.25, -0.2) is 0 Å². The van der Waals surface area contributed by atoms with E-state index in [-0.39, 0.29) is 5.71 Å². The van der Waals surface area contributed by atoms with Gasteiger partial charge in [0.2, 0.25) is 5.71 Å². The van der Waals surface area contributed by atoms with Gasteiger partial charge in [0.1, 0.15) is 23.7 Å². The van der Waals surface area contributed by atoms with Crippen LogP contribution in [-0.2, 0) is 0 Å². The van der Waals surface area contributed by atoms with Gasteiger partial charge in [0.25, 0.3) is 0 Å². The molecule has 0 saturated heterocycles. The number of rotatable bonds is 3. The summed E-state index contributed by atoms with van der Waals surface area (Å²) in [7, 11) is 0. The van der Waals surface area contributed by atoms with Crippen LogP contribution >= 0.6 is 0 Å². The first-order valence-corrected chi connectivity index (χ1v) is 5.54. The van der Waals surface area contributed by atoms with Crippen LogP contribution in [0.3, 0.4) is 0 Å². The van der Waals surface area contributed by atoms with Gasteiger partial charge in [0, 0.05) is 5.56 Å². The Balaban J connectivity index is 2.36. The first-order valence-electron chi connectivity index (χ1n) is 5.54.